The molecule has 4 rings (SSSR count). The van der Waals surface area contributed by atoms with E-state index < -0.39 is 4.92 Å². The van der Waals surface area contributed by atoms with Crippen LogP contribution in [0, 0.1) is 10.1 Å². The zero-order valence-electron chi connectivity index (χ0n) is 17.6. The summed E-state index contributed by atoms with van der Waals surface area (Å²) in [4.78, 5) is 39.6. The summed E-state index contributed by atoms with van der Waals surface area (Å²) in [7, 11) is 0. The topological polar surface area (TPSA) is 93.0 Å². The minimum Gasteiger partial charge on any atom is -0.367 e. The minimum atomic E-state index is -0.491. The van der Waals surface area contributed by atoms with E-state index in [2.05, 4.69) is 0 Å². The molecule has 0 N–H and O–H groups in total. The SMILES string of the molecule is O=C(COCc1ccccc1)N1CCC2(CC1)SCCN2C(=O)c1cccc([N+](=O)[O-])c1. The number of benzene rings is 2. The third kappa shape index (κ3) is 4.78. The number of carbonyl (C=O) groups is 2. The van der Waals surface area contributed by atoms with E-state index in [1.165, 1.54) is 18.2 Å². The van der Waals surface area contributed by atoms with E-state index in [1.54, 1.807) is 22.7 Å². The standard InChI is InChI=1S/C23H25N3O5S/c27-21(17-31-16-18-5-2-1-3-6-18)24-11-9-23(10-12-24)25(13-14-32-23)22(28)19-7-4-8-20(15-19)26(29)30/h1-8,15H,9-14,16-17H2. The minimum absolute atomic E-state index is 0.0331. The van der Waals surface area contributed by atoms with E-state index in [-0.39, 0.29) is 29.0 Å². The van der Waals surface area contributed by atoms with Crippen molar-refractivity contribution >= 4 is 29.3 Å². The van der Waals surface area contributed by atoms with Crippen molar-refractivity contribution in [3.05, 3.63) is 75.8 Å². The Bertz CT molecular complexity index is 992. The Hall–Kier alpha value is -2.91. The Morgan fingerprint density at radius 1 is 1.06 bits per heavy atom. The number of hydrogen-bond donors (Lipinski definition) is 0. The average molecular weight is 456 g/mol. The van der Waals surface area contributed by atoms with Crippen LogP contribution >= 0.6 is 11.8 Å². The van der Waals surface area contributed by atoms with Crippen molar-refractivity contribution in [1.29, 1.82) is 0 Å². The van der Waals surface area contributed by atoms with Crippen molar-refractivity contribution in [3.63, 3.8) is 0 Å². The van der Waals surface area contributed by atoms with E-state index in [0.717, 1.165) is 11.3 Å². The third-order valence-corrected chi connectivity index (χ3v) is 7.51. The summed E-state index contributed by atoms with van der Waals surface area (Å²) in [6.07, 6.45) is 1.34. The summed E-state index contributed by atoms with van der Waals surface area (Å²) >= 11 is 1.74. The molecule has 2 aliphatic heterocycles. The number of likely N-dealkylation sites (tertiary alicyclic amines) is 1. The van der Waals surface area contributed by atoms with Gasteiger partial charge in [-0.05, 0) is 24.5 Å². The largest absolute Gasteiger partial charge is 0.367 e. The molecule has 2 aromatic carbocycles. The molecule has 1 spiro atoms. The summed E-state index contributed by atoms with van der Waals surface area (Å²) in [5.74, 6) is 0.578. The molecular weight excluding hydrogens is 430 g/mol. The molecule has 0 radical (unpaired) electrons. The lowest BCUT2D eigenvalue weighted by molar-refractivity contribution is -0.384. The van der Waals surface area contributed by atoms with E-state index in [9.17, 15) is 19.7 Å². The van der Waals surface area contributed by atoms with Crippen LogP contribution in [0.3, 0.4) is 0 Å². The highest BCUT2D eigenvalue weighted by Crippen LogP contribution is 2.44. The predicted molar refractivity (Wildman–Crippen MR) is 121 cm³/mol. The van der Waals surface area contributed by atoms with Crippen molar-refractivity contribution in [2.24, 2.45) is 0 Å². The maximum absolute atomic E-state index is 13.2. The van der Waals surface area contributed by atoms with Crippen LogP contribution in [-0.2, 0) is 16.1 Å². The van der Waals surface area contributed by atoms with Crippen molar-refractivity contribution in [2.75, 3.05) is 32.0 Å². The summed E-state index contributed by atoms with van der Waals surface area (Å²) in [5.41, 5.74) is 1.26. The molecule has 0 bridgehead atoms. The highest BCUT2D eigenvalue weighted by molar-refractivity contribution is 8.00. The molecule has 0 aromatic heterocycles. The van der Waals surface area contributed by atoms with Crippen LogP contribution in [0.25, 0.3) is 0 Å². The summed E-state index contributed by atoms with van der Waals surface area (Å²) in [6, 6.07) is 15.6. The maximum atomic E-state index is 13.2. The monoisotopic (exact) mass is 455 g/mol. The van der Waals surface area contributed by atoms with E-state index >= 15 is 0 Å². The Morgan fingerprint density at radius 2 is 1.81 bits per heavy atom. The molecule has 0 atom stereocenters. The summed E-state index contributed by atoms with van der Waals surface area (Å²) < 4.78 is 5.58. The van der Waals surface area contributed by atoms with Gasteiger partial charge in [-0.25, -0.2) is 0 Å². The second-order valence-corrected chi connectivity index (χ2v) is 9.37. The molecule has 2 fully saturated rings. The zero-order chi connectivity index (χ0) is 22.6. The van der Waals surface area contributed by atoms with E-state index in [1.807, 2.05) is 35.2 Å². The second-order valence-electron chi connectivity index (χ2n) is 7.92. The first-order chi connectivity index (χ1) is 15.5. The average Bonchev–Trinajstić information content (AvgIpc) is 3.22. The van der Waals surface area contributed by atoms with Crippen LogP contribution in [0.1, 0.15) is 28.8 Å². The van der Waals surface area contributed by atoms with Gasteiger partial charge in [0.1, 0.15) is 6.61 Å². The first-order valence-corrected chi connectivity index (χ1v) is 11.6. The highest BCUT2D eigenvalue weighted by atomic mass is 32.2. The van der Waals surface area contributed by atoms with Crippen LogP contribution in [0.4, 0.5) is 5.69 Å². The second kappa shape index (κ2) is 9.70. The number of thioether (sulfide) groups is 1. The van der Waals surface area contributed by atoms with E-state index in [4.69, 9.17) is 4.74 Å². The fourth-order valence-electron chi connectivity index (χ4n) is 4.25. The molecule has 168 valence electrons. The van der Waals surface area contributed by atoms with Crippen molar-refractivity contribution in [3.8, 4) is 0 Å². The Morgan fingerprint density at radius 3 is 2.53 bits per heavy atom. The Kier molecular flexibility index (Phi) is 6.76. The number of ether oxygens (including phenoxy) is 1. The quantitative estimate of drug-likeness (QED) is 0.490. The number of hydrogen-bond acceptors (Lipinski definition) is 6. The molecule has 2 amide bonds. The lowest BCUT2D eigenvalue weighted by Gasteiger charge is -2.44. The fourth-order valence-corrected chi connectivity index (χ4v) is 5.70. The lowest BCUT2D eigenvalue weighted by Crippen LogP contribution is -2.54. The first kappa shape index (κ1) is 22.3. The van der Waals surface area contributed by atoms with Crippen molar-refractivity contribution < 1.29 is 19.2 Å². The molecule has 2 aromatic rings. The lowest BCUT2D eigenvalue weighted by atomic mass is 10.0. The number of rotatable bonds is 6. The molecule has 2 saturated heterocycles. The molecule has 0 unspecified atom stereocenters. The van der Waals surface area contributed by atoms with Crippen molar-refractivity contribution in [2.45, 2.75) is 24.3 Å². The molecule has 0 aliphatic carbocycles. The molecule has 9 heteroatoms. The molecule has 2 aliphatic rings. The molecule has 8 nitrogen and oxygen atoms in total. The van der Waals surface area contributed by atoms with E-state index in [0.29, 0.717) is 44.6 Å². The number of nitro benzene ring substituents is 1. The normalized spacial score (nSPS) is 17.5. The van der Waals surface area contributed by atoms with Gasteiger partial charge in [0.2, 0.25) is 5.91 Å². The Balaban J connectivity index is 1.34. The van der Waals surface area contributed by atoms with Crippen LogP contribution in [0.5, 0.6) is 0 Å². The molecule has 32 heavy (non-hydrogen) atoms. The maximum Gasteiger partial charge on any atom is 0.270 e. The van der Waals surface area contributed by atoms with Crippen molar-refractivity contribution in [1.82, 2.24) is 9.80 Å². The number of carbonyl (C=O) groups excluding carboxylic acids is 2. The molecule has 2 heterocycles. The first-order valence-electron chi connectivity index (χ1n) is 10.6. The van der Waals surface area contributed by atoms with Crippen LogP contribution in [0.15, 0.2) is 54.6 Å². The van der Waals surface area contributed by atoms with Gasteiger partial charge in [-0.3, -0.25) is 19.7 Å². The third-order valence-electron chi connectivity index (χ3n) is 5.96. The molecular formula is C23H25N3O5S. The Labute approximate surface area is 190 Å². The van der Waals surface area contributed by atoms with Gasteiger partial charge < -0.3 is 14.5 Å². The van der Waals surface area contributed by atoms with Crippen LogP contribution in [0.2, 0.25) is 0 Å². The number of nitrogens with zero attached hydrogens (tertiary/aromatic N) is 3. The van der Waals surface area contributed by atoms with Crippen LogP contribution in [-0.4, -0.2) is 63.4 Å². The van der Waals surface area contributed by atoms with Gasteiger partial charge in [-0.2, -0.15) is 0 Å². The fraction of sp³-hybridized carbons (Fsp3) is 0.391. The van der Waals surface area contributed by atoms with Gasteiger partial charge in [0.25, 0.3) is 11.6 Å². The van der Waals surface area contributed by atoms with Gasteiger partial charge >= 0.3 is 0 Å². The van der Waals surface area contributed by atoms with Gasteiger partial charge in [-0.1, -0.05) is 36.4 Å². The van der Waals surface area contributed by atoms with Crippen LogP contribution < -0.4 is 0 Å². The summed E-state index contributed by atoms with van der Waals surface area (Å²) in [5, 5.41) is 11.1. The highest BCUT2D eigenvalue weighted by Gasteiger charge is 2.47. The predicted octanol–water partition coefficient (Wildman–Crippen LogP) is 3.32. The summed E-state index contributed by atoms with van der Waals surface area (Å²) in [6.45, 7) is 2.13. The van der Waals surface area contributed by atoms with Gasteiger partial charge in [0.15, 0.2) is 0 Å². The van der Waals surface area contributed by atoms with Gasteiger partial charge in [0.05, 0.1) is 16.4 Å². The zero-order valence-corrected chi connectivity index (χ0v) is 18.5. The smallest absolute Gasteiger partial charge is 0.270 e. The molecule has 0 saturated carbocycles. The number of non-ortho nitro benzene ring substituents is 1. The number of amides is 2. The van der Waals surface area contributed by atoms with Gasteiger partial charge in [-0.15, -0.1) is 11.8 Å². The number of piperidine rings is 1. The van der Waals surface area contributed by atoms with Gasteiger partial charge in [0, 0.05) is 43.1 Å². The number of nitro groups is 1.